The topological polar surface area (TPSA) is 73.4 Å². The van der Waals surface area contributed by atoms with Crippen LogP contribution in [-0.4, -0.2) is 9.97 Å². The molecule has 0 aromatic carbocycles. The fourth-order valence-electron chi connectivity index (χ4n) is 2.06. The van der Waals surface area contributed by atoms with E-state index in [4.69, 9.17) is 46.4 Å². The molecule has 0 unspecified atom stereocenters. The number of pyridine rings is 2. The van der Waals surface area contributed by atoms with Crippen LogP contribution in [-0.2, 0) is 12.8 Å². The second-order valence-electron chi connectivity index (χ2n) is 4.89. The van der Waals surface area contributed by atoms with Crippen molar-refractivity contribution in [3.63, 3.8) is 0 Å². The predicted octanol–water partition coefficient (Wildman–Crippen LogP) is 4.91. The molecule has 0 fully saturated rings. The summed E-state index contributed by atoms with van der Waals surface area (Å²) >= 11 is 23.4. The van der Waals surface area contributed by atoms with E-state index < -0.39 is 5.41 Å². The number of hydrogen-bond donors (Lipinski definition) is 0. The molecule has 0 atom stereocenters. The summed E-state index contributed by atoms with van der Waals surface area (Å²) in [7, 11) is 0. The number of halogens is 4. The van der Waals surface area contributed by atoms with E-state index in [1.807, 2.05) is 0 Å². The van der Waals surface area contributed by atoms with Gasteiger partial charge >= 0.3 is 0 Å². The molecule has 8 heteroatoms. The Morgan fingerprint density at radius 3 is 1.52 bits per heavy atom. The number of hydrogen-bond acceptors (Lipinski definition) is 4. The first-order chi connectivity index (χ1) is 10.9. The number of aromatic nitrogens is 2. The Morgan fingerprint density at radius 2 is 1.22 bits per heavy atom. The van der Waals surface area contributed by atoms with Crippen molar-refractivity contribution in [2.75, 3.05) is 0 Å². The summed E-state index contributed by atoms with van der Waals surface area (Å²) in [6.45, 7) is 0. The average molecular weight is 386 g/mol. The summed E-state index contributed by atoms with van der Waals surface area (Å²) < 4.78 is 0. The lowest BCUT2D eigenvalue weighted by Crippen LogP contribution is -2.23. The van der Waals surface area contributed by atoms with Crippen LogP contribution in [0.15, 0.2) is 24.5 Å². The van der Waals surface area contributed by atoms with Crippen molar-refractivity contribution in [1.29, 1.82) is 10.5 Å². The Labute approximate surface area is 153 Å². The quantitative estimate of drug-likeness (QED) is 0.700. The summed E-state index contributed by atoms with van der Waals surface area (Å²) in [4.78, 5) is 7.86. The van der Waals surface area contributed by atoms with Gasteiger partial charge in [-0.05, 0) is 23.3 Å². The van der Waals surface area contributed by atoms with Gasteiger partial charge in [0.1, 0.15) is 10.3 Å². The summed E-state index contributed by atoms with van der Waals surface area (Å²) in [5.74, 6) is 0. The third kappa shape index (κ3) is 4.25. The van der Waals surface area contributed by atoms with Gasteiger partial charge in [0.2, 0.25) is 0 Å². The molecular formula is C15H8Cl4N4. The van der Waals surface area contributed by atoms with Crippen LogP contribution in [0.25, 0.3) is 0 Å². The maximum absolute atomic E-state index is 9.52. The Balaban J connectivity index is 2.32. The Hall–Kier alpha value is -1.56. The number of rotatable bonds is 4. The van der Waals surface area contributed by atoms with Crippen molar-refractivity contribution < 1.29 is 0 Å². The molecule has 2 aromatic rings. The van der Waals surface area contributed by atoms with Crippen molar-refractivity contribution in [3.05, 3.63) is 56.0 Å². The van der Waals surface area contributed by atoms with Crippen LogP contribution in [0.5, 0.6) is 0 Å². The Morgan fingerprint density at radius 1 is 0.826 bits per heavy atom. The van der Waals surface area contributed by atoms with E-state index in [1.165, 1.54) is 12.4 Å². The molecule has 0 aliphatic carbocycles. The van der Waals surface area contributed by atoms with Gasteiger partial charge < -0.3 is 0 Å². The van der Waals surface area contributed by atoms with E-state index in [0.717, 1.165) is 0 Å². The Bertz CT molecular complexity index is 754. The highest BCUT2D eigenvalue weighted by Crippen LogP contribution is 2.30. The first-order valence-electron chi connectivity index (χ1n) is 6.31. The van der Waals surface area contributed by atoms with Gasteiger partial charge in [0.15, 0.2) is 5.41 Å². The molecule has 0 aliphatic rings. The minimum Gasteiger partial charge on any atom is -0.243 e. The minimum atomic E-state index is -1.31. The van der Waals surface area contributed by atoms with Gasteiger partial charge in [0.05, 0.1) is 22.2 Å². The monoisotopic (exact) mass is 384 g/mol. The van der Waals surface area contributed by atoms with E-state index in [-0.39, 0.29) is 33.2 Å². The van der Waals surface area contributed by atoms with Crippen LogP contribution in [0.1, 0.15) is 11.1 Å². The zero-order valence-corrected chi connectivity index (χ0v) is 14.5. The fourth-order valence-corrected chi connectivity index (χ4v) is 2.64. The highest BCUT2D eigenvalue weighted by atomic mass is 35.5. The first-order valence-corrected chi connectivity index (χ1v) is 7.82. The van der Waals surface area contributed by atoms with Crippen LogP contribution in [0.4, 0.5) is 0 Å². The summed E-state index contributed by atoms with van der Waals surface area (Å²) in [6, 6.07) is 7.30. The van der Waals surface area contributed by atoms with Crippen LogP contribution in [0, 0.1) is 28.1 Å². The molecule has 2 rings (SSSR count). The van der Waals surface area contributed by atoms with Crippen molar-refractivity contribution in [2.24, 2.45) is 5.41 Å². The van der Waals surface area contributed by atoms with Gasteiger partial charge in [0.25, 0.3) is 0 Å². The summed E-state index contributed by atoms with van der Waals surface area (Å²) in [5, 5.41) is 19.9. The normalized spacial score (nSPS) is 10.9. The molecule has 0 bridgehead atoms. The molecule has 0 aliphatic heterocycles. The highest BCUT2D eigenvalue weighted by Gasteiger charge is 2.31. The van der Waals surface area contributed by atoms with E-state index in [2.05, 4.69) is 22.1 Å². The largest absolute Gasteiger partial charge is 0.243 e. The lowest BCUT2D eigenvalue weighted by Gasteiger charge is -2.19. The number of nitriles is 2. The summed E-state index contributed by atoms with van der Waals surface area (Å²) in [6.07, 6.45) is 3.27. The second-order valence-corrected chi connectivity index (χ2v) is 6.42. The molecule has 0 amide bonds. The third-order valence-corrected chi connectivity index (χ3v) is 4.52. The molecule has 2 heterocycles. The molecule has 4 nitrogen and oxygen atoms in total. The Kier molecular flexibility index (Phi) is 5.68. The molecule has 0 saturated heterocycles. The third-order valence-electron chi connectivity index (χ3n) is 3.15. The van der Waals surface area contributed by atoms with Crippen LogP contribution in [0.3, 0.4) is 0 Å². The fraction of sp³-hybridized carbons (Fsp3) is 0.200. The zero-order chi connectivity index (χ0) is 17.0. The average Bonchev–Trinajstić information content (AvgIpc) is 2.54. The van der Waals surface area contributed by atoms with E-state index >= 15 is 0 Å². The molecule has 2 aromatic heterocycles. The maximum atomic E-state index is 9.52. The van der Waals surface area contributed by atoms with Gasteiger partial charge in [-0.2, -0.15) is 10.5 Å². The highest BCUT2D eigenvalue weighted by molar-refractivity contribution is 6.41. The molecule has 116 valence electrons. The standard InChI is InChI=1S/C15H8Cl4N4/c16-11-1-9(5-22-13(11)18)3-15(7-20,8-21)4-10-2-12(17)14(19)23-6-10/h1-2,5-6H,3-4H2. The smallest absolute Gasteiger partial charge is 0.151 e. The van der Waals surface area contributed by atoms with Crippen LogP contribution < -0.4 is 0 Å². The SMILES string of the molecule is N#CC(C#N)(Cc1cnc(Cl)c(Cl)c1)Cc1cnc(Cl)c(Cl)c1. The van der Waals surface area contributed by atoms with E-state index in [0.29, 0.717) is 11.1 Å². The lowest BCUT2D eigenvalue weighted by atomic mass is 9.80. The lowest BCUT2D eigenvalue weighted by molar-refractivity contribution is 0.513. The second kappa shape index (κ2) is 7.34. The van der Waals surface area contributed by atoms with E-state index in [9.17, 15) is 10.5 Å². The first kappa shape index (κ1) is 17.8. The zero-order valence-electron chi connectivity index (χ0n) is 11.5. The van der Waals surface area contributed by atoms with E-state index in [1.54, 1.807) is 12.1 Å². The molecule has 0 spiro atoms. The summed E-state index contributed by atoms with van der Waals surface area (Å²) in [5.41, 5.74) is -0.0384. The molecule has 23 heavy (non-hydrogen) atoms. The van der Waals surface area contributed by atoms with Gasteiger partial charge in [-0.25, -0.2) is 9.97 Å². The van der Waals surface area contributed by atoms with Gasteiger partial charge in [-0.1, -0.05) is 46.4 Å². The molecule has 0 saturated carbocycles. The van der Waals surface area contributed by atoms with Crippen molar-refractivity contribution in [2.45, 2.75) is 12.8 Å². The van der Waals surface area contributed by atoms with Crippen molar-refractivity contribution in [1.82, 2.24) is 9.97 Å². The predicted molar refractivity (Wildman–Crippen MR) is 89.6 cm³/mol. The van der Waals surface area contributed by atoms with Crippen LogP contribution >= 0.6 is 46.4 Å². The van der Waals surface area contributed by atoms with Crippen LogP contribution in [0.2, 0.25) is 20.4 Å². The number of nitrogens with zero attached hydrogens (tertiary/aromatic N) is 4. The van der Waals surface area contributed by atoms with Gasteiger partial charge in [-0.15, -0.1) is 0 Å². The molecular weight excluding hydrogens is 378 g/mol. The minimum absolute atomic E-state index is 0.143. The molecule has 0 N–H and O–H groups in total. The van der Waals surface area contributed by atoms with Crippen molar-refractivity contribution >= 4 is 46.4 Å². The molecule has 0 radical (unpaired) electrons. The van der Waals surface area contributed by atoms with Gasteiger partial charge in [-0.3, -0.25) is 0 Å². The van der Waals surface area contributed by atoms with Crippen molar-refractivity contribution in [3.8, 4) is 12.1 Å². The van der Waals surface area contributed by atoms with Gasteiger partial charge in [0, 0.05) is 25.2 Å². The maximum Gasteiger partial charge on any atom is 0.151 e.